The average Bonchev–Trinajstić information content (AvgIpc) is 2.92. The molecular formula is C12H16O. The second kappa shape index (κ2) is 3.41. The molecule has 1 aromatic rings. The lowest BCUT2D eigenvalue weighted by atomic mass is 10.00. The maximum absolute atomic E-state index is 9.32. The first-order valence-electron chi connectivity index (χ1n) is 5.10. The van der Waals surface area contributed by atoms with Gasteiger partial charge in [0.05, 0.1) is 0 Å². The van der Waals surface area contributed by atoms with Crippen molar-refractivity contribution < 1.29 is 5.11 Å². The molecule has 1 fully saturated rings. The van der Waals surface area contributed by atoms with Gasteiger partial charge in [0.15, 0.2) is 0 Å². The molecule has 0 bridgehead atoms. The number of aryl methyl sites for hydroxylation is 1. The highest BCUT2D eigenvalue weighted by molar-refractivity contribution is 5.35. The fourth-order valence-corrected chi connectivity index (χ4v) is 1.77. The molecule has 1 heteroatoms. The van der Waals surface area contributed by atoms with Crippen molar-refractivity contribution in [1.29, 1.82) is 0 Å². The molecule has 13 heavy (non-hydrogen) atoms. The summed E-state index contributed by atoms with van der Waals surface area (Å²) in [6.07, 6.45) is 5.02. The van der Waals surface area contributed by atoms with Crippen LogP contribution in [0.3, 0.4) is 0 Å². The molecule has 0 unspecified atom stereocenters. The summed E-state index contributed by atoms with van der Waals surface area (Å²) in [6.45, 7) is 2.14. The summed E-state index contributed by atoms with van der Waals surface area (Å²) in [6, 6.07) is 5.78. The summed E-state index contributed by atoms with van der Waals surface area (Å²) in [5.74, 6) is 1.33. The predicted molar refractivity (Wildman–Crippen MR) is 53.9 cm³/mol. The quantitative estimate of drug-likeness (QED) is 0.750. The molecule has 0 saturated heterocycles. The first-order valence-corrected chi connectivity index (χ1v) is 5.10. The summed E-state index contributed by atoms with van der Waals surface area (Å²) >= 11 is 0. The molecule has 1 N–H and O–H groups in total. The van der Waals surface area contributed by atoms with Gasteiger partial charge in [0, 0.05) is 0 Å². The first-order chi connectivity index (χ1) is 6.29. The Bertz CT molecular complexity index is 300. The van der Waals surface area contributed by atoms with E-state index >= 15 is 0 Å². The van der Waals surface area contributed by atoms with Crippen molar-refractivity contribution in [3.05, 3.63) is 29.3 Å². The van der Waals surface area contributed by atoms with Crippen molar-refractivity contribution in [3.8, 4) is 5.75 Å². The van der Waals surface area contributed by atoms with Crippen molar-refractivity contribution in [1.82, 2.24) is 0 Å². The molecule has 1 aliphatic rings. The van der Waals surface area contributed by atoms with Gasteiger partial charge in [0.1, 0.15) is 5.75 Å². The smallest absolute Gasteiger partial charge is 0.115 e. The van der Waals surface area contributed by atoms with Crippen LogP contribution in [0.4, 0.5) is 0 Å². The SMILES string of the molecule is CCc1cc(O)ccc1CC1CC1. The van der Waals surface area contributed by atoms with E-state index in [4.69, 9.17) is 0 Å². The second-order valence-corrected chi connectivity index (χ2v) is 3.95. The summed E-state index contributed by atoms with van der Waals surface area (Å²) in [5, 5.41) is 9.32. The first kappa shape index (κ1) is 8.61. The highest BCUT2D eigenvalue weighted by Gasteiger charge is 2.22. The Morgan fingerprint density at radius 1 is 1.31 bits per heavy atom. The molecule has 0 heterocycles. The van der Waals surface area contributed by atoms with Gasteiger partial charge in [-0.05, 0) is 54.9 Å². The van der Waals surface area contributed by atoms with Crippen LogP contribution in [-0.4, -0.2) is 5.11 Å². The third-order valence-corrected chi connectivity index (χ3v) is 2.78. The van der Waals surface area contributed by atoms with Crippen molar-refractivity contribution in [3.63, 3.8) is 0 Å². The van der Waals surface area contributed by atoms with E-state index < -0.39 is 0 Å². The van der Waals surface area contributed by atoms with Gasteiger partial charge in [-0.1, -0.05) is 13.0 Å². The second-order valence-electron chi connectivity index (χ2n) is 3.95. The molecule has 0 atom stereocenters. The van der Waals surface area contributed by atoms with Crippen LogP contribution in [0.25, 0.3) is 0 Å². The Morgan fingerprint density at radius 3 is 2.69 bits per heavy atom. The maximum Gasteiger partial charge on any atom is 0.115 e. The molecule has 1 nitrogen and oxygen atoms in total. The normalized spacial score (nSPS) is 16.1. The minimum absolute atomic E-state index is 0.399. The summed E-state index contributed by atoms with van der Waals surface area (Å²) in [7, 11) is 0. The highest BCUT2D eigenvalue weighted by atomic mass is 16.3. The molecule has 2 rings (SSSR count). The lowest BCUT2D eigenvalue weighted by Crippen LogP contribution is -1.93. The van der Waals surface area contributed by atoms with Gasteiger partial charge in [-0.15, -0.1) is 0 Å². The van der Waals surface area contributed by atoms with Crippen LogP contribution >= 0.6 is 0 Å². The van der Waals surface area contributed by atoms with E-state index in [1.54, 1.807) is 6.07 Å². The topological polar surface area (TPSA) is 20.2 Å². The number of phenols is 1. The van der Waals surface area contributed by atoms with Gasteiger partial charge in [-0.3, -0.25) is 0 Å². The minimum atomic E-state index is 0.399. The number of hydrogen-bond donors (Lipinski definition) is 1. The van der Waals surface area contributed by atoms with E-state index in [1.807, 2.05) is 6.07 Å². The fraction of sp³-hybridized carbons (Fsp3) is 0.500. The molecule has 1 aliphatic carbocycles. The number of phenolic OH excluding ortho intramolecular Hbond substituents is 1. The van der Waals surface area contributed by atoms with Crippen LogP contribution in [0.1, 0.15) is 30.9 Å². The van der Waals surface area contributed by atoms with Gasteiger partial charge >= 0.3 is 0 Å². The number of hydrogen-bond acceptors (Lipinski definition) is 1. The standard InChI is InChI=1S/C12H16O/c1-2-10-8-12(13)6-5-11(10)7-9-3-4-9/h5-6,8-9,13H,2-4,7H2,1H3. The number of benzene rings is 1. The van der Waals surface area contributed by atoms with Crippen LogP contribution in [-0.2, 0) is 12.8 Å². The fourth-order valence-electron chi connectivity index (χ4n) is 1.77. The zero-order valence-corrected chi connectivity index (χ0v) is 8.09. The zero-order valence-electron chi connectivity index (χ0n) is 8.09. The Balaban J connectivity index is 2.21. The molecule has 0 spiro atoms. The minimum Gasteiger partial charge on any atom is -0.508 e. The summed E-state index contributed by atoms with van der Waals surface area (Å²) in [5.41, 5.74) is 2.75. The van der Waals surface area contributed by atoms with Gasteiger partial charge in [-0.2, -0.15) is 0 Å². The molecule has 0 amide bonds. The monoisotopic (exact) mass is 176 g/mol. The molecule has 0 radical (unpaired) electrons. The molecule has 0 aromatic heterocycles. The van der Waals surface area contributed by atoms with Crippen molar-refractivity contribution in [2.24, 2.45) is 5.92 Å². The summed E-state index contributed by atoms with van der Waals surface area (Å²) in [4.78, 5) is 0. The third-order valence-electron chi connectivity index (χ3n) is 2.78. The molecular weight excluding hydrogens is 160 g/mol. The van der Waals surface area contributed by atoms with Crippen LogP contribution < -0.4 is 0 Å². The van der Waals surface area contributed by atoms with E-state index in [9.17, 15) is 5.11 Å². The van der Waals surface area contributed by atoms with Gasteiger partial charge < -0.3 is 5.11 Å². The highest BCUT2D eigenvalue weighted by Crippen LogP contribution is 2.34. The average molecular weight is 176 g/mol. The number of rotatable bonds is 3. The predicted octanol–water partition coefficient (Wildman–Crippen LogP) is 2.91. The molecule has 1 saturated carbocycles. The number of aromatic hydroxyl groups is 1. The molecule has 1 aromatic carbocycles. The summed E-state index contributed by atoms with van der Waals surface area (Å²) < 4.78 is 0. The largest absolute Gasteiger partial charge is 0.508 e. The molecule has 0 aliphatic heterocycles. The van der Waals surface area contributed by atoms with Crippen molar-refractivity contribution in [2.45, 2.75) is 32.6 Å². The van der Waals surface area contributed by atoms with Crippen LogP contribution in [0, 0.1) is 5.92 Å². The van der Waals surface area contributed by atoms with Crippen molar-refractivity contribution >= 4 is 0 Å². The van der Waals surface area contributed by atoms with Gasteiger partial charge in [0.25, 0.3) is 0 Å². The Morgan fingerprint density at radius 2 is 2.08 bits per heavy atom. The van der Waals surface area contributed by atoms with Crippen LogP contribution in [0.5, 0.6) is 5.75 Å². The Kier molecular flexibility index (Phi) is 2.26. The van der Waals surface area contributed by atoms with E-state index in [0.717, 1.165) is 12.3 Å². The van der Waals surface area contributed by atoms with E-state index in [2.05, 4.69) is 13.0 Å². The van der Waals surface area contributed by atoms with E-state index in [-0.39, 0.29) is 0 Å². The van der Waals surface area contributed by atoms with Crippen molar-refractivity contribution in [2.75, 3.05) is 0 Å². The third kappa shape index (κ3) is 2.03. The zero-order chi connectivity index (χ0) is 9.26. The van der Waals surface area contributed by atoms with Gasteiger partial charge in [-0.25, -0.2) is 0 Å². The lowest BCUT2D eigenvalue weighted by Gasteiger charge is -2.07. The van der Waals surface area contributed by atoms with E-state index in [0.29, 0.717) is 5.75 Å². The van der Waals surface area contributed by atoms with Gasteiger partial charge in [0.2, 0.25) is 0 Å². The molecule has 70 valence electrons. The van der Waals surface area contributed by atoms with Crippen LogP contribution in [0.15, 0.2) is 18.2 Å². The Hall–Kier alpha value is -0.980. The van der Waals surface area contributed by atoms with E-state index in [1.165, 1.54) is 30.4 Å². The lowest BCUT2D eigenvalue weighted by molar-refractivity contribution is 0.474. The Labute approximate surface area is 79.4 Å². The van der Waals surface area contributed by atoms with Crippen LogP contribution in [0.2, 0.25) is 0 Å². The maximum atomic E-state index is 9.32.